The number of hydrogen-bond acceptors (Lipinski definition) is 4. The Morgan fingerprint density at radius 1 is 1.35 bits per heavy atom. The highest BCUT2D eigenvalue weighted by Gasteiger charge is 2.51. The summed E-state index contributed by atoms with van der Waals surface area (Å²) in [5, 5.41) is 9.03. The molecule has 0 unspecified atom stereocenters. The Morgan fingerprint density at radius 3 is 2.65 bits per heavy atom. The summed E-state index contributed by atoms with van der Waals surface area (Å²) < 4.78 is 0. The maximum atomic E-state index is 13.0. The van der Waals surface area contributed by atoms with Crippen LogP contribution in [-0.4, -0.2) is 41.6 Å². The first-order valence-corrected chi connectivity index (χ1v) is 9.40. The lowest BCUT2D eigenvalue weighted by atomic mass is 9.93. The number of carbonyl (C=O) groups is 2. The van der Waals surface area contributed by atoms with E-state index in [4.69, 9.17) is 10.9 Å². The number of hydroxylamine groups is 1. The van der Waals surface area contributed by atoms with E-state index in [0.29, 0.717) is 13.0 Å². The van der Waals surface area contributed by atoms with Gasteiger partial charge in [-0.15, -0.1) is 0 Å². The molecule has 144 valence electrons. The molecule has 2 amide bonds. The molecule has 1 atom stereocenters. The van der Waals surface area contributed by atoms with Gasteiger partial charge in [-0.3, -0.25) is 14.8 Å². The molecular weight excluding hydrogens is 330 g/mol. The van der Waals surface area contributed by atoms with Gasteiger partial charge >= 0.3 is 0 Å². The molecule has 0 bridgehead atoms. The minimum Gasteiger partial charge on any atom is -0.333 e. The topological polar surface area (TPSA) is 95.7 Å². The standard InChI is InChI=1S/C20H31N3O3/c1-15-6-5-7-16(14-15)9-10-20(11-12-20)19(25)23(2)17(18(24)22-26)8-3-4-13-21/h5-7,14,17,26H,3-4,8-13,21H2,1-2H3,(H,22,24)/t17-/m1/s1. The molecule has 6 heteroatoms. The molecular formula is C20H31N3O3. The van der Waals surface area contributed by atoms with Gasteiger partial charge in [0.05, 0.1) is 0 Å². The van der Waals surface area contributed by atoms with Crippen LogP contribution >= 0.6 is 0 Å². The lowest BCUT2D eigenvalue weighted by Crippen LogP contribution is -2.49. The van der Waals surface area contributed by atoms with Crippen molar-refractivity contribution in [3.63, 3.8) is 0 Å². The molecule has 1 fully saturated rings. The smallest absolute Gasteiger partial charge is 0.266 e. The molecule has 2 rings (SSSR count). The van der Waals surface area contributed by atoms with Crippen molar-refractivity contribution in [2.24, 2.45) is 11.1 Å². The van der Waals surface area contributed by atoms with E-state index < -0.39 is 11.9 Å². The zero-order chi connectivity index (χ0) is 19.2. The summed E-state index contributed by atoms with van der Waals surface area (Å²) in [6, 6.07) is 7.69. The maximum absolute atomic E-state index is 13.0. The molecule has 4 N–H and O–H groups in total. The summed E-state index contributed by atoms with van der Waals surface area (Å²) in [6.45, 7) is 2.61. The Balaban J connectivity index is 2.00. The van der Waals surface area contributed by atoms with Crippen molar-refractivity contribution < 1.29 is 14.8 Å². The molecule has 0 aromatic heterocycles. The molecule has 1 aliphatic rings. The van der Waals surface area contributed by atoms with Gasteiger partial charge in [0.25, 0.3) is 5.91 Å². The van der Waals surface area contributed by atoms with Crippen molar-refractivity contribution >= 4 is 11.8 Å². The van der Waals surface area contributed by atoms with Crippen LogP contribution in [0.25, 0.3) is 0 Å². The van der Waals surface area contributed by atoms with E-state index in [0.717, 1.165) is 38.5 Å². The molecule has 1 aliphatic carbocycles. The van der Waals surface area contributed by atoms with Crippen molar-refractivity contribution in [1.82, 2.24) is 10.4 Å². The molecule has 26 heavy (non-hydrogen) atoms. The number of unbranched alkanes of at least 4 members (excludes halogenated alkanes) is 1. The van der Waals surface area contributed by atoms with Crippen molar-refractivity contribution in [3.05, 3.63) is 35.4 Å². The molecule has 0 saturated heterocycles. The molecule has 0 heterocycles. The number of rotatable bonds is 10. The molecule has 0 aliphatic heterocycles. The molecule has 1 aromatic carbocycles. The average molecular weight is 361 g/mol. The third-order valence-electron chi connectivity index (χ3n) is 5.41. The van der Waals surface area contributed by atoms with Gasteiger partial charge in [-0.25, -0.2) is 5.48 Å². The predicted molar refractivity (Wildman–Crippen MR) is 101 cm³/mol. The van der Waals surface area contributed by atoms with Gasteiger partial charge in [-0.1, -0.05) is 29.8 Å². The zero-order valence-corrected chi connectivity index (χ0v) is 15.8. The number of hydrogen-bond donors (Lipinski definition) is 3. The van der Waals surface area contributed by atoms with E-state index in [1.165, 1.54) is 16.0 Å². The number of nitrogens with one attached hydrogen (secondary N) is 1. The average Bonchev–Trinajstić information content (AvgIpc) is 3.43. The predicted octanol–water partition coefficient (Wildman–Crippen LogP) is 2.17. The molecule has 0 radical (unpaired) electrons. The highest BCUT2D eigenvalue weighted by molar-refractivity contribution is 5.91. The van der Waals surface area contributed by atoms with Gasteiger partial charge in [0.1, 0.15) is 6.04 Å². The Bertz CT molecular complexity index is 628. The van der Waals surface area contributed by atoms with E-state index in [1.807, 2.05) is 6.07 Å². The summed E-state index contributed by atoms with van der Waals surface area (Å²) in [7, 11) is 1.66. The number of likely N-dealkylation sites (N-methyl/N-ethyl adjacent to an activating group) is 1. The first-order valence-electron chi connectivity index (χ1n) is 9.40. The summed E-state index contributed by atoms with van der Waals surface area (Å²) in [6.07, 6.45) is 5.38. The van der Waals surface area contributed by atoms with Crippen LogP contribution in [0.15, 0.2) is 24.3 Å². The van der Waals surface area contributed by atoms with Crippen LogP contribution in [0.5, 0.6) is 0 Å². The second kappa shape index (κ2) is 9.14. The van der Waals surface area contributed by atoms with Crippen LogP contribution in [-0.2, 0) is 16.0 Å². The third kappa shape index (κ3) is 5.05. The second-order valence-electron chi connectivity index (χ2n) is 7.46. The molecule has 6 nitrogen and oxygen atoms in total. The van der Waals surface area contributed by atoms with Crippen molar-refractivity contribution in [3.8, 4) is 0 Å². The summed E-state index contributed by atoms with van der Waals surface area (Å²) >= 11 is 0. The van der Waals surface area contributed by atoms with Crippen LogP contribution in [0.1, 0.15) is 49.7 Å². The highest BCUT2D eigenvalue weighted by Crippen LogP contribution is 2.51. The first kappa shape index (κ1) is 20.4. The SMILES string of the molecule is Cc1cccc(CCC2(C(=O)N(C)[C@H](CCCCN)C(=O)NO)CC2)c1. The second-order valence-corrected chi connectivity index (χ2v) is 7.46. The van der Waals surface area contributed by atoms with E-state index in [9.17, 15) is 9.59 Å². The van der Waals surface area contributed by atoms with Crippen molar-refractivity contribution in [2.45, 2.75) is 57.9 Å². The highest BCUT2D eigenvalue weighted by atomic mass is 16.5. The largest absolute Gasteiger partial charge is 0.333 e. The number of carbonyl (C=O) groups excluding carboxylic acids is 2. The molecule has 0 spiro atoms. The summed E-state index contributed by atoms with van der Waals surface area (Å²) in [5.41, 5.74) is 9.31. The van der Waals surface area contributed by atoms with Gasteiger partial charge in [0, 0.05) is 12.5 Å². The third-order valence-corrected chi connectivity index (χ3v) is 5.41. The summed E-state index contributed by atoms with van der Waals surface area (Å²) in [4.78, 5) is 26.6. The maximum Gasteiger partial charge on any atom is 0.266 e. The van der Waals surface area contributed by atoms with Crippen LogP contribution < -0.4 is 11.2 Å². The minimum absolute atomic E-state index is 0.00602. The fourth-order valence-corrected chi connectivity index (χ4v) is 3.55. The lowest BCUT2D eigenvalue weighted by Gasteiger charge is -2.30. The van der Waals surface area contributed by atoms with E-state index in [-0.39, 0.29) is 11.3 Å². The van der Waals surface area contributed by atoms with Crippen LogP contribution in [0.3, 0.4) is 0 Å². The Hall–Kier alpha value is -1.92. The number of nitrogens with two attached hydrogens (primary N) is 1. The van der Waals surface area contributed by atoms with Gasteiger partial charge in [0.15, 0.2) is 0 Å². The Morgan fingerprint density at radius 2 is 2.08 bits per heavy atom. The van der Waals surface area contributed by atoms with E-state index in [1.54, 1.807) is 12.5 Å². The molecule has 1 saturated carbocycles. The van der Waals surface area contributed by atoms with E-state index in [2.05, 4.69) is 25.1 Å². The normalized spacial score (nSPS) is 16.0. The number of aryl methyl sites for hydroxylation is 2. The fourth-order valence-electron chi connectivity index (χ4n) is 3.55. The van der Waals surface area contributed by atoms with Crippen molar-refractivity contribution in [1.29, 1.82) is 0 Å². The van der Waals surface area contributed by atoms with Gasteiger partial charge in [0.2, 0.25) is 5.91 Å². The fraction of sp³-hybridized carbons (Fsp3) is 0.600. The summed E-state index contributed by atoms with van der Waals surface area (Å²) in [5.74, 6) is -0.529. The van der Waals surface area contributed by atoms with Gasteiger partial charge in [-0.2, -0.15) is 0 Å². The van der Waals surface area contributed by atoms with Crippen LogP contribution in [0.4, 0.5) is 0 Å². The zero-order valence-electron chi connectivity index (χ0n) is 15.8. The lowest BCUT2D eigenvalue weighted by molar-refractivity contribution is -0.146. The van der Waals surface area contributed by atoms with Crippen molar-refractivity contribution in [2.75, 3.05) is 13.6 Å². The minimum atomic E-state index is -0.657. The number of amides is 2. The number of benzene rings is 1. The quantitative estimate of drug-likeness (QED) is 0.338. The Labute approximate surface area is 155 Å². The Kier molecular flexibility index (Phi) is 7.17. The van der Waals surface area contributed by atoms with Gasteiger partial charge in [-0.05, 0) is 64.0 Å². The first-order chi connectivity index (χ1) is 12.4. The van der Waals surface area contributed by atoms with Crippen LogP contribution in [0, 0.1) is 12.3 Å². The number of nitrogens with zero attached hydrogens (tertiary/aromatic N) is 1. The van der Waals surface area contributed by atoms with Gasteiger partial charge < -0.3 is 10.6 Å². The monoisotopic (exact) mass is 361 g/mol. The van der Waals surface area contributed by atoms with Crippen LogP contribution in [0.2, 0.25) is 0 Å². The molecule has 1 aromatic rings. The van der Waals surface area contributed by atoms with E-state index >= 15 is 0 Å².